The lowest BCUT2D eigenvalue weighted by atomic mass is 10.2. The summed E-state index contributed by atoms with van der Waals surface area (Å²) in [4.78, 5) is 0. The molecule has 0 aliphatic heterocycles. The average Bonchev–Trinajstić information content (AvgIpc) is 2.01. The van der Waals surface area contributed by atoms with E-state index < -0.39 is 0 Å². The van der Waals surface area contributed by atoms with E-state index >= 15 is 0 Å². The van der Waals surface area contributed by atoms with Gasteiger partial charge in [0, 0.05) is 6.61 Å². The summed E-state index contributed by atoms with van der Waals surface area (Å²) in [7, 11) is 0. The zero-order valence-corrected chi connectivity index (χ0v) is 8.97. The second kappa shape index (κ2) is 7.30. The van der Waals surface area contributed by atoms with E-state index in [1.54, 1.807) is 0 Å². The van der Waals surface area contributed by atoms with Gasteiger partial charge in [0.15, 0.2) is 0 Å². The summed E-state index contributed by atoms with van der Waals surface area (Å²) < 4.78 is 15.7. The lowest BCUT2D eigenvalue weighted by molar-refractivity contribution is -0.0414. The lowest BCUT2D eigenvalue weighted by Gasteiger charge is -2.19. The van der Waals surface area contributed by atoms with E-state index in [0.29, 0.717) is 33.0 Å². The zero-order valence-electron chi connectivity index (χ0n) is 8.97. The maximum atomic E-state index is 5.46. The summed E-state index contributed by atoms with van der Waals surface area (Å²) in [6, 6.07) is 0. The molecule has 0 aliphatic rings. The molecule has 1 radical (unpaired) electrons. The van der Waals surface area contributed by atoms with Gasteiger partial charge in [-0.25, -0.2) is 0 Å². The number of ether oxygens (including phenoxy) is 3. The summed E-state index contributed by atoms with van der Waals surface area (Å²) in [5.74, 6) is 0. The standard InChI is InChI=1S/C10H21O3/c1-5-11-6-7-12-8-9-13-10(2,3)4/h1,5-9H2,2-4H3. The predicted octanol–water partition coefficient (Wildman–Crippen LogP) is 1.67. The van der Waals surface area contributed by atoms with E-state index in [4.69, 9.17) is 14.2 Å². The molecule has 13 heavy (non-hydrogen) atoms. The monoisotopic (exact) mass is 189 g/mol. The largest absolute Gasteiger partial charge is 0.379 e. The van der Waals surface area contributed by atoms with Crippen LogP contribution in [0.5, 0.6) is 0 Å². The van der Waals surface area contributed by atoms with Gasteiger partial charge in [-0.05, 0) is 27.7 Å². The van der Waals surface area contributed by atoms with Crippen molar-refractivity contribution in [3.05, 3.63) is 6.92 Å². The van der Waals surface area contributed by atoms with Crippen LogP contribution in [0.2, 0.25) is 0 Å². The van der Waals surface area contributed by atoms with Gasteiger partial charge in [0.05, 0.1) is 32.0 Å². The molecule has 0 unspecified atom stereocenters. The minimum Gasteiger partial charge on any atom is -0.379 e. The van der Waals surface area contributed by atoms with Gasteiger partial charge in [-0.1, -0.05) is 0 Å². The molecule has 0 fully saturated rings. The molecular formula is C10H21O3. The molecule has 0 rings (SSSR count). The van der Waals surface area contributed by atoms with E-state index in [-0.39, 0.29) is 5.60 Å². The first-order valence-electron chi connectivity index (χ1n) is 4.65. The number of hydrogen-bond donors (Lipinski definition) is 0. The van der Waals surface area contributed by atoms with Crippen LogP contribution in [-0.2, 0) is 14.2 Å². The van der Waals surface area contributed by atoms with Crippen molar-refractivity contribution in [1.29, 1.82) is 0 Å². The fourth-order valence-corrected chi connectivity index (χ4v) is 0.729. The van der Waals surface area contributed by atoms with Crippen LogP contribution in [0.4, 0.5) is 0 Å². The molecular weight excluding hydrogens is 168 g/mol. The fraction of sp³-hybridized carbons (Fsp3) is 0.900. The van der Waals surface area contributed by atoms with Crippen LogP contribution in [0, 0.1) is 6.92 Å². The fourth-order valence-electron chi connectivity index (χ4n) is 0.729. The van der Waals surface area contributed by atoms with Crippen LogP contribution in [-0.4, -0.2) is 38.6 Å². The number of hydrogen-bond acceptors (Lipinski definition) is 3. The molecule has 0 saturated heterocycles. The first-order valence-corrected chi connectivity index (χ1v) is 4.65. The lowest BCUT2D eigenvalue weighted by Crippen LogP contribution is -2.22. The first kappa shape index (κ1) is 12.9. The van der Waals surface area contributed by atoms with Crippen LogP contribution >= 0.6 is 0 Å². The summed E-state index contributed by atoms with van der Waals surface area (Å²) in [5, 5.41) is 0. The molecule has 0 heterocycles. The molecule has 0 spiro atoms. The van der Waals surface area contributed by atoms with Gasteiger partial charge in [-0.15, -0.1) is 0 Å². The normalized spacial score (nSPS) is 12.0. The highest BCUT2D eigenvalue weighted by Gasteiger charge is 2.08. The second-order valence-corrected chi connectivity index (χ2v) is 3.69. The van der Waals surface area contributed by atoms with Crippen molar-refractivity contribution >= 4 is 0 Å². The molecule has 0 saturated carbocycles. The summed E-state index contributed by atoms with van der Waals surface area (Å²) in [6.45, 7) is 12.6. The molecule has 0 N–H and O–H groups in total. The Balaban J connectivity index is 3.00. The smallest absolute Gasteiger partial charge is 0.0707 e. The quantitative estimate of drug-likeness (QED) is 0.570. The van der Waals surface area contributed by atoms with E-state index in [2.05, 4.69) is 6.92 Å². The summed E-state index contributed by atoms with van der Waals surface area (Å²) >= 11 is 0. The molecule has 0 amide bonds. The summed E-state index contributed by atoms with van der Waals surface area (Å²) in [5.41, 5.74) is -0.0762. The molecule has 0 aliphatic carbocycles. The van der Waals surface area contributed by atoms with Crippen molar-refractivity contribution in [3.63, 3.8) is 0 Å². The Bertz CT molecular complexity index is 107. The van der Waals surface area contributed by atoms with E-state index in [1.165, 1.54) is 0 Å². The predicted molar refractivity (Wildman–Crippen MR) is 52.7 cm³/mol. The van der Waals surface area contributed by atoms with E-state index in [0.717, 1.165) is 0 Å². The highest BCUT2D eigenvalue weighted by atomic mass is 16.5. The Hall–Kier alpha value is -0.120. The van der Waals surface area contributed by atoms with Crippen LogP contribution in [0.1, 0.15) is 20.8 Å². The highest BCUT2D eigenvalue weighted by Crippen LogP contribution is 2.05. The van der Waals surface area contributed by atoms with Crippen molar-refractivity contribution in [2.75, 3.05) is 33.0 Å². The Morgan fingerprint density at radius 1 is 0.923 bits per heavy atom. The third-order valence-corrected chi connectivity index (χ3v) is 1.28. The maximum absolute atomic E-state index is 5.46. The topological polar surface area (TPSA) is 27.7 Å². The molecule has 0 aromatic heterocycles. The van der Waals surface area contributed by atoms with Gasteiger partial charge in [0.2, 0.25) is 0 Å². The minimum absolute atomic E-state index is 0.0762. The molecule has 3 nitrogen and oxygen atoms in total. The molecule has 0 aromatic carbocycles. The van der Waals surface area contributed by atoms with Gasteiger partial charge in [-0.3, -0.25) is 0 Å². The number of rotatable bonds is 7. The Labute approximate surface area is 81.4 Å². The van der Waals surface area contributed by atoms with Crippen molar-refractivity contribution in [2.45, 2.75) is 26.4 Å². The average molecular weight is 189 g/mol. The van der Waals surface area contributed by atoms with Crippen molar-refractivity contribution < 1.29 is 14.2 Å². The molecule has 0 bridgehead atoms. The Morgan fingerprint density at radius 2 is 1.46 bits per heavy atom. The van der Waals surface area contributed by atoms with Crippen LogP contribution in [0.15, 0.2) is 0 Å². The molecule has 79 valence electrons. The molecule has 3 heteroatoms. The van der Waals surface area contributed by atoms with Crippen LogP contribution in [0.3, 0.4) is 0 Å². The van der Waals surface area contributed by atoms with Gasteiger partial charge in [0.25, 0.3) is 0 Å². The van der Waals surface area contributed by atoms with Crippen molar-refractivity contribution in [3.8, 4) is 0 Å². The third-order valence-electron chi connectivity index (χ3n) is 1.28. The molecule has 0 aromatic rings. The van der Waals surface area contributed by atoms with E-state index in [1.807, 2.05) is 20.8 Å². The van der Waals surface area contributed by atoms with Crippen LogP contribution < -0.4 is 0 Å². The summed E-state index contributed by atoms with van der Waals surface area (Å²) in [6.07, 6.45) is 0. The zero-order chi connectivity index (χ0) is 10.2. The highest BCUT2D eigenvalue weighted by molar-refractivity contribution is 4.57. The Morgan fingerprint density at radius 3 is 2.00 bits per heavy atom. The maximum Gasteiger partial charge on any atom is 0.0707 e. The Kier molecular flexibility index (Phi) is 7.23. The van der Waals surface area contributed by atoms with Gasteiger partial charge in [-0.2, -0.15) is 0 Å². The van der Waals surface area contributed by atoms with Gasteiger partial charge >= 0.3 is 0 Å². The second-order valence-electron chi connectivity index (χ2n) is 3.69. The van der Waals surface area contributed by atoms with E-state index in [9.17, 15) is 0 Å². The minimum atomic E-state index is -0.0762. The van der Waals surface area contributed by atoms with Crippen molar-refractivity contribution in [1.82, 2.24) is 0 Å². The van der Waals surface area contributed by atoms with Crippen molar-refractivity contribution in [2.24, 2.45) is 0 Å². The third kappa shape index (κ3) is 11.9. The van der Waals surface area contributed by atoms with Crippen LogP contribution in [0.25, 0.3) is 0 Å². The van der Waals surface area contributed by atoms with Gasteiger partial charge in [0.1, 0.15) is 0 Å². The first-order chi connectivity index (χ1) is 6.06. The molecule has 0 atom stereocenters. The SMILES string of the molecule is [CH2]COCCOCCOC(C)(C)C. The van der Waals surface area contributed by atoms with Gasteiger partial charge < -0.3 is 14.2 Å².